The van der Waals surface area contributed by atoms with Crippen molar-refractivity contribution in [1.29, 1.82) is 0 Å². The summed E-state index contributed by atoms with van der Waals surface area (Å²) in [5.74, 6) is 4.96. The van der Waals surface area contributed by atoms with E-state index < -0.39 is 17.1 Å². The Bertz CT molecular complexity index is 688. The smallest absolute Gasteiger partial charge is 0.179 e. The Labute approximate surface area is 138 Å². The summed E-state index contributed by atoms with van der Waals surface area (Å²) in [7, 11) is 0. The quantitative estimate of drug-likeness (QED) is 0.588. The van der Waals surface area contributed by atoms with Gasteiger partial charge in [-0.05, 0) is 57.9 Å². The zero-order valence-electron chi connectivity index (χ0n) is 14.7. The highest BCUT2D eigenvalue weighted by Gasteiger charge is 2.53. The van der Waals surface area contributed by atoms with Crippen molar-refractivity contribution in [3.63, 3.8) is 0 Å². The van der Waals surface area contributed by atoms with E-state index in [1.165, 1.54) is 0 Å². The molecule has 0 atom stereocenters. The summed E-state index contributed by atoms with van der Waals surface area (Å²) in [5, 5.41) is 0. The molecule has 0 spiro atoms. The molecule has 2 rings (SSSR count). The number of rotatable bonds is 1. The van der Waals surface area contributed by atoms with Gasteiger partial charge in [0, 0.05) is 12.0 Å². The topological polar surface area (TPSA) is 43.4 Å². The minimum absolute atomic E-state index is 0.183. The van der Waals surface area contributed by atoms with Crippen molar-refractivity contribution in [2.24, 2.45) is 0 Å². The van der Waals surface area contributed by atoms with Crippen LogP contribution in [0.4, 0.5) is 0 Å². The first-order chi connectivity index (χ1) is 10.6. The summed E-state index contributed by atoms with van der Waals surface area (Å²) in [4.78, 5) is 25.6. The summed E-state index contributed by atoms with van der Waals surface area (Å²) >= 11 is 0. The molecular formula is C20H24O3. The lowest BCUT2D eigenvalue weighted by Crippen LogP contribution is -2.57. The molecule has 1 aromatic carbocycles. The van der Waals surface area contributed by atoms with Crippen LogP contribution in [-0.2, 0) is 14.3 Å². The molecule has 0 saturated carbocycles. The van der Waals surface area contributed by atoms with Crippen LogP contribution in [0, 0.1) is 18.8 Å². The fraction of sp³-hybridized carbons (Fsp3) is 0.500. The maximum absolute atomic E-state index is 12.8. The summed E-state index contributed by atoms with van der Waals surface area (Å²) in [6.45, 7) is 10.8. The molecule has 0 N–H and O–H groups in total. The molecule has 1 heterocycles. The molecule has 1 aromatic rings. The third-order valence-electron chi connectivity index (χ3n) is 4.21. The Kier molecular flexibility index (Phi) is 4.50. The largest absolute Gasteiger partial charge is 0.354 e. The van der Waals surface area contributed by atoms with Gasteiger partial charge in [-0.1, -0.05) is 24.8 Å². The van der Waals surface area contributed by atoms with E-state index in [2.05, 4.69) is 11.8 Å². The van der Waals surface area contributed by atoms with Crippen LogP contribution in [0.3, 0.4) is 0 Å². The lowest BCUT2D eigenvalue weighted by Gasteiger charge is -2.43. The first-order valence-corrected chi connectivity index (χ1v) is 7.98. The Morgan fingerprint density at radius 2 is 1.65 bits per heavy atom. The number of ketones is 2. The van der Waals surface area contributed by atoms with E-state index in [1.807, 2.05) is 32.0 Å². The molecule has 1 aliphatic rings. The van der Waals surface area contributed by atoms with Gasteiger partial charge in [-0.25, -0.2) is 0 Å². The molecule has 122 valence electrons. The second kappa shape index (κ2) is 5.94. The third-order valence-corrected chi connectivity index (χ3v) is 4.21. The number of aryl methyl sites for hydroxylation is 1. The number of benzene rings is 1. The van der Waals surface area contributed by atoms with E-state index in [4.69, 9.17) is 4.74 Å². The van der Waals surface area contributed by atoms with Gasteiger partial charge in [-0.2, -0.15) is 0 Å². The van der Waals surface area contributed by atoms with Gasteiger partial charge in [0.25, 0.3) is 0 Å². The monoisotopic (exact) mass is 312 g/mol. The van der Waals surface area contributed by atoms with Gasteiger partial charge >= 0.3 is 0 Å². The maximum Gasteiger partial charge on any atom is 0.179 e. The van der Waals surface area contributed by atoms with Gasteiger partial charge in [0.2, 0.25) is 0 Å². The Morgan fingerprint density at radius 3 is 2.13 bits per heavy atom. The number of Topliss-reactive ketones (excluding diaryl/α,β-unsaturated/α-hetero) is 2. The van der Waals surface area contributed by atoms with E-state index in [9.17, 15) is 9.59 Å². The molecule has 3 nitrogen and oxygen atoms in total. The lowest BCUT2D eigenvalue weighted by molar-refractivity contribution is -0.184. The van der Waals surface area contributed by atoms with Crippen molar-refractivity contribution in [2.45, 2.75) is 65.1 Å². The molecule has 1 fully saturated rings. The molecule has 0 aromatic heterocycles. The Morgan fingerprint density at radius 1 is 1.09 bits per heavy atom. The number of hydrogen-bond acceptors (Lipinski definition) is 3. The number of ether oxygens (including phenoxy) is 1. The molecule has 0 bridgehead atoms. The van der Waals surface area contributed by atoms with Crippen molar-refractivity contribution >= 4 is 11.6 Å². The van der Waals surface area contributed by atoms with Crippen LogP contribution < -0.4 is 0 Å². The van der Waals surface area contributed by atoms with Crippen molar-refractivity contribution in [1.82, 2.24) is 0 Å². The second-order valence-corrected chi connectivity index (χ2v) is 7.01. The highest BCUT2D eigenvalue weighted by atomic mass is 16.5. The molecule has 0 radical (unpaired) electrons. The van der Waals surface area contributed by atoms with Crippen molar-refractivity contribution in [3.8, 4) is 11.8 Å². The fourth-order valence-corrected chi connectivity index (χ4v) is 3.10. The van der Waals surface area contributed by atoms with E-state index in [0.29, 0.717) is 0 Å². The van der Waals surface area contributed by atoms with E-state index in [1.54, 1.807) is 27.7 Å². The van der Waals surface area contributed by atoms with Crippen LogP contribution in [0.1, 0.15) is 63.6 Å². The lowest BCUT2D eigenvalue weighted by atomic mass is 9.74. The molecule has 0 aliphatic carbocycles. The van der Waals surface area contributed by atoms with Gasteiger partial charge in [0.15, 0.2) is 11.6 Å². The van der Waals surface area contributed by atoms with Crippen LogP contribution in [0.5, 0.6) is 0 Å². The average Bonchev–Trinajstić information content (AvgIpc) is 2.44. The summed E-state index contributed by atoms with van der Waals surface area (Å²) in [6.07, 6.45) is 0.792. The first kappa shape index (κ1) is 17.4. The SMILES string of the molecule is CCC#Cc1ccc(C2C(=O)C(C)(C)OC(C)(C)C2=O)c(C)c1. The predicted octanol–water partition coefficient (Wildman–Crippen LogP) is 3.57. The Balaban J connectivity index is 2.51. The highest BCUT2D eigenvalue weighted by molar-refractivity contribution is 6.15. The molecule has 0 amide bonds. The first-order valence-electron chi connectivity index (χ1n) is 7.98. The standard InChI is InChI=1S/C20H24O3/c1-7-8-9-14-10-11-15(13(2)12-14)16-17(21)19(3,4)23-20(5,6)18(16)22/h10-12,16H,7H2,1-6H3. The molecule has 0 unspecified atom stereocenters. The van der Waals surface area contributed by atoms with E-state index in [0.717, 1.165) is 23.1 Å². The zero-order valence-corrected chi connectivity index (χ0v) is 14.7. The summed E-state index contributed by atoms with van der Waals surface area (Å²) in [6, 6.07) is 5.67. The normalized spacial score (nSPS) is 20.1. The fourth-order valence-electron chi connectivity index (χ4n) is 3.10. The summed E-state index contributed by atoms with van der Waals surface area (Å²) < 4.78 is 5.73. The number of hydrogen-bond donors (Lipinski definition) is 0. The van der Waals surface area contributed by atoms with Crippen LogP contribution >= 0.6 is 0 Å². The van der Waals surface area contributed by atoms with Crippen LogP contribution in [-0.4, -0.2) is 22.8 Å². The van der Waals surface area contributed by atoms with Crippen molar-refractivity contribution in [2.75, 3.05) is 0 Å². The van der Waals surface area contributed by atoms with Gasteiger partial charge < -0.3 is 4.74 Å². The van der Waals surface area contributed by atoms with Gasteiger partial charge in [-0.15, -0.1) is 0 Å². The summed E-state index contributed by atoms with van der Waals surface area (Å²) in [5.41, 5.74) is 0.614. The second-order valence-electron chi connectivity index (χ2n) is 7.01. The minimum Gasteiger partial charge on any atom is -0.354 e. The molecule has 1 aliphatic heterocycles. The maximum atomic E-state index is 12.8. The van der Waals surface area contributed by atoms with E-state index >= 15 is 0 Å². The van der Waals surface area contributed by atoms with E-state index in [-0.39, 0.29) is 11.6 Å². The highest BCUT2D eigenvalue weighted by Crippen LogP contribution is 2.39. The predicted molar refractivity (Wildman–Crippen MR) is 90.3 cm³/mol. The average molecular weight is 312 g/mol. The van der Waals surface area contributed by atoms with Crippen LogP contribution in [0.15, 0.2) is 18.2 Å². The Hall–Kier alpha value is -1.92. The van der Waals surface area contributed by atoms with Crippen LogP contribution in [0.2, 0.25) is 0 Å². The number of carbonyl (C=O) groups excluding carboxylic acids is 2. The van der Waals surface area contributed by atoms with Crippen molar-refractivity contribution < 1.29 is 14.3 Å². The van der Waals surface area contributed by atoms with Gasteiger partial charge in [-0.3, -0.25) is 9.59 Å². The molecular weight excluding hydrogens is 288 g/mol. The van der Waals surface area contributed by atoms with Crippen LogP contribution in [0.25, 0.3) is 0 Å². The zero-order chi connectivity index (χ0) is 17.4. The van der Waals surface area contributed by atoms with Crippen molar-refractivity contribution in [3.05, 3.63) is 34.9 Å². The molecule has 3 heteroatoms. The number of carbonyl (C=O) groups is 2. The molecule has 23 heavy (non-hydrogen) atoms. The minimum atomic E-state index is -0.977. The van der Waals surface area contributed by atoms with Gasteiger partial charge in [0.1, 0.15) is 17.1 Å². The third kappa shape index (κ3) is 3.23. The van der Waals surface area contributed by atoms with Gasteiger partial charge in [0.05, 0.1) is 0 Å². The molecule has 1 saturated heterocycles.